The van der Waals surface area contributed by atoms with Gasteiger partial charge < -0.3 is 10.2 Å². The van der Waals surface area contributed by atoms with Crippen molar-refractivity contribution >= 4 is 27.5 Å². The quantitative estimate of drug-likeness (QED) is 0.300. The molecular weight excluding hydrogens is 517 g/mol. The summed E-state index contributed by atoms with van der Waals surface area (Å²) in [5.74, 6) is -1.27. The number of amides is 2. The number of aryl methyl sites for hydroxylation is 1. The molecule has 0 saturated carbocycles. The standard InChI is InChI=1S/C30H36FN3O4S/c1-4-6-20-32-30(36)28(5-2)33(21-24-14-16-25(31)17-15-24)29(35)22-34(26-18-12-23(3)13-19-26)39(37,38)27-10-8-7-9-11-27/h7-19,28H,4-6,20-22H2,1-3H3,(H,32,36)/t28-/m1/s1. The van der Waals surface area contributed by atoms with E-state index in [-0.39, 0.29) is 17.3 Å². The number of carbonyl (C=O) groups is 2. The van der Waals surface area contributed by atoms with E-state index >= 15 is 0 Å². The number of benzene rings is 3. The highest BCUT2D eigenvalue weighted by Crippen LogP contribution is 2.25. The van der Waals surface area contributed by atoms with Crippen LogP contribution in [0.4, 0.5) is 10.1 Å². The fourth-order valence-electron chi connectivity index (χ4n) is 4.17. The van der Waals surface area contributed by atoms with E-state index in [0.717, 1.165) is 22.7 Å². The molecule has 0 aliphatic carbocycles. The molecule has 0 spiro atoms. The molecule has 3 aromatic rings. The van der Waals surface area contributed by atoms with Crippen LogP contribution in [0.2, 0.25) is 0 Å². The molecule has 0 heterocycles. The van der Waals surface area contributed by atoms with Crippen molar-refractivity contribution in [1.82, 2.24) is 10.2 Å². The molecule has 0 aliphatic rings. The van der Waals surface area contributed by atoms with E-state index in [1.165, 1.54) is 29.2 Å². The van der Waals surface area contributed by atoms with Crippen LogP contribution in [0.1, 0.15) is 44.2 Å². The lowest BCUT2D eigenvalue weighted by atomic mass is 10.1. The average Bonchev–Trinajstić information content (AvgIpc) is 2.93. The number of nitrogens with zero attached hydrogens (tertiary/aromatic N) is 2. The number of rotatable bonds is 13. The maximum Gasteiger partial charge on any atom is 0.264 e. The summed E-state index contributed by atoms with van der Waals surface area (Å²) in [6, 6.07) is 19.6. The van der Waals surface area contributed by atoms with Crippen LogP contribution in [0.3, 0.4) is 0 Å². The van der Waals surface area contributed by atoms with Crippen molar-refractivity contribution in [3.05, 3.63) is 95.8 Å². The number of anilines is 1. The van der Waals surface area contributed by atoms with E-state index in [1.54, 1.807) is 61.5 Å². The molecular formula is C30H36FN3O4S. The summed E-state index contributed by atoms with van der Waals surface area (Å²) in [6.07, 6.45) is 2.02. The SMILES string of the molecule is CCCCNC(=O)[C@@H](CC)N(Cc1ccc(F)cc1)C(=O)CN(c1ccc(C)cc1)S(=O)(=O)c1ccccc1. The summed E-state index contributed by atoms with van der Waals surface area (Å²) in [6.45, 7) is 5.68. The Kier molecular flexibility index (Phi) is 10.6. The van der Waals surface area contributed by atoms with Crippen LogP contribution in [0, 0.1) is 12.7 Å². The van der Waals surface area contributed by atoms with Crippen LogP contribution in [-0.4, -0.2) is 44.3 Å². The number of nitrogens with one attached hydrogen (secondary N) is 1. The summed E-state index contributed by atoms with van der Waals surface area (Å²) in [4.78, 5) is 28.5. The minimum atomic E-state index is -4.11. The van der Waals surface area contributed by atoms with Gasteiger partial charge in [0.2, 0.25) is 11.8 Å². The Morgan fingerprint density at radius 2 is 1.56 bits per heavy atom. The molecule has 2 amide bonds. The molecule has 1 atom stereocenters. The summed E-state index contributed by atoms with van der Waals surface area (Å²) < 4.78 is 42.2. The molecule has 0 radical (unpaired) electrons. The number of unbranched alkanes of at least 4 members (excludes halogenated alkanes) is 1. The summed E-state index contributed by atoms with van der Waals surface area (Å²) >= 11 is 0. The van der Waals surface area contributed by atoms with Gasteiger partial charge in [-0.15, -0.1) is 0 Å². The first-order valence-electron chi connectivity index (χ1n) is 13.1. The number of sulfonamides is 1. The van der Waals surface area contributed by atoms with E-state index in [0.29, 0.717) is 24.2 Å². The lowest BCUT2D eigenvalue weighted by Crippen LogP contribution is -2.52. The van der Waals surface area contributed by atoms with Crippen molar-refractivity contribution in [2.24, 2.45) is 0 Å². The molecule has 0 fully saturated rings. The minimum absolute atomic E-state index is 0.0198. The van der Waals surface area contributed by atoms with Gasteiger partial charge in [0.05, 0.1) is 10.6 Å². The zero-order chi connectivity index (χ0) is 28.4. The molecule has 0 aliphatic heterocycles. The van der Waals surface area contributed by atoms with Gasteiger partial charge in [0.1, 0.15) is 18.4 Å². The minimum Gasteiger partial charge on any atom is -0.354 e. The van der Waals surface area contributed by atoms with Gasteiger partial charge in [-0.3, -0.25) is 13.9 Å². The van der Waals surface area contributed by atoms with Gasteiger partial charge in [-0.2, -0.15) is 0 Å². The molecule has 1 N–H and O–H groups in total. The largest absolute Gasteiger partial charge is 0.354 e. The van der Waals surface area contributed by atoms with E-state index in [4.69, 9.17) is 0 Å². The number of carbonyl (C=O) groups excluding carboxylic acids is 2. The first-order chi connectivity index (χ1) is 18.7. The zero-order valence-electron chi connectivity index (χ0n) is 22.6. The van der Waals surface area contributed by atoms with Crippen molar-refractivity contribution in [2.75, 3.05) is 17.4 Å². The van der Waals surface area contributed by atoms with Gasteiger partial charge in [0, 0.05) is 13.1 Å². The highest BCUT2D eigenvalue weighted by molar-refractivity contribution is 7.92. The molecule has 0 saturated heterocycles. The first kappa shape index (κ1) is 29.8. The number of halogens is 1. The normalized spacial score (nSPS) is 12.0. The molecule has 3 rings (SSSR count). The fourth-order valence-corrected chi connectivity index (χ4v) is 5.61. The van der Waals surface area contributed by atoms with Crippen molar-refractivity contribution in [2.45, 2.75) is 57.5 Å². The first-order valence-corrected chi connectivity index (χ1v) is 14.6. The number of hydrogen-bond donors (Lipinski definition) is 1. The Labute approximate surface area is 230 Å². The molecule has 39 heavy (non-hydrogen) atoms. The van der Waals surface area contributed by atoms with E-state index < -0.39 is 34.3 Å². The van der Waals surface area contributed by atoms with Crippen LogP contribution in [0.5, 0.6) is 0 Å². The molecule has 0 unspecified atom stereocenters. The zero-order valence-corrected chi connectivity index (χ0v) is 23.5. The fraction of sp³-hybridized carbons (Fsp3) is 0.333. The summed E-state index contributed by atoms with van der Waals surface area (Å²) in [5, 5.41) is 2.89. The second-order valence-corrected chi connectivity index (χ2v) is 11.2. The van der Waals surface area contributed by atoms with Crippen molar-refractivity contribution in [3.8, 4) is 0 Å². The Balaban J connectivity index is 2.01. The van der Waals surface area contributed by atoms with Crippen molar-refractivity contribution < 1.29 is 22.4 Å². The van der Waals surface area contributed by atoms with Crippen molar-refractivity contribution in [3.63, 3.8) is 0 Å². The van der Waals surface area contributed by atoms with Crippen LogP contribution in [-0.2, 0) is 26.2 Å². The molecule has 7 nitrogen and oxygen atoms in total. The number of hydrogen-bond acceptors (Lipinski definition) is 4. The lowest BCUT2D eigenvalue weighted by Gasteiger charge is -2.33. The predicted octanol–water partition coefficient (Wildman–Crippen LogP) is 5.05. The Hall–Kier alpha value is -3.72. The second kappa shape index (κ2) is 13.9. The maximum atomic E-state index is 13.9. The van der Waals surface area contributed by atoms with E-state index in [2.05, 4.69) is 5.32 Å². The third-order valence-corrected chi connectivity index (χ3v) is 8.20. The van der Waals surface area contributed by atoms with Crippen LogP contribution < -0.4 is 9.62 Å². The summed E-state index contributed by atoms with van der Waals surface area (Å²) in [7, 11) is -4.11. The van der Waals surface area contributed by atoms with Gasteiger partial charge >= 0.3 is 0 Å². The van der Waals surface area contributed by atoms with Gasteiger partial charge in [-0.05, 0) is 61.7 Å². The smallest absolute Gasteiger partial charge is 0.264 e. The van der Waals surface area contributed by atoms with Crippen LogP contribution >= 0.6 is 0 Å². The summed E-state index contributed by atoms with van der Waals surface area (Å²) in [5.41, 5.74) is 1.90. The molecule has 208 valence electrons. The lowest BCUT2D eigenvalue weighted by molar-refractivity contribution is -0.140. The van der Waals surface area contributed by atoms with Gasteiger partial charge in [-0.25, -0.2) is 12.8 Å². The Bertz CT molecular complexity index is 1330. The maximum absolute atomic E-state index is 13.9. The Morgan fingerprint density at radius 3 is 2.15 bits per heavy atom. The molecule has 3 aromatic carbocycles. The third-order valence-electron chi connectivity index (χ3n) is 6.41. The molecule has 0 aromatic heterocycles. The topological polar surface area (TPSA) is 86.8 Å². The van der Waals surface area contributed by atoms with Gasteiger partial charge in [0.25, 0.3) is 10.0 Å². The third kappa shape index (κ3) is 7.89. The average molecular weight is 554 g/mol. The van der Waals surface area contributed by atoms with Crippen LogP contribution in [0.15, 0.2) is 83.8 Å². The van der Waals surface area contributed by atoms with Gasteiger partial charge in [0.15, 0.2) is 0 Å². The Morgan fingerprint density at radius 1 is 0.923 bits per heavy atom. The monoisotopic (exact) mass is 553 g/mol. The van der Waals surface area contributed by atoms with Crippen LogP contribution in [0.25, 0.3) is 0 Å². The van der Waals surface area contributed by atoms with Crippen molar-refractivity contribution in [1.29, 1.82) is 0 Å². The predicted molar refractivity (Wildman–Crippen MR) is 151 cm³/mol. The van der Waals surface area contributed by atoms with Gasteiger partial charge in [-0.1, -0.05) is 68.3 Å². The van der Waals surface area contributed by atoms with E-state index in [9.17, 15) is 22.4 Å². The molecule has 9 heteroatoms. The highest BCUT2D eigenvalue weighted by Gasteiger charge is 2.33. The van der Waals surface area contributed by atoms with E-state index in [1.807, 2.05) is 13.8 Å². The highest BCUT2D eigenvalue weighted by atomic mass is 32.2. The molecule has 0 bridgehead atoms. The second-order valence-electron chi connectivity index (χ2n) is 9.38.